The van der Waals surface area contributed by atoms with Crippen LogP contribution in [0.3, 0.4) is 0 Å². The molecule has 1 saturated carbocycles. The quantitative estimate of drug-likeness (QED) is 0.207. The first kappa shape index (κ1) is 28.9. The molecule has 220 valence electrons. The molecule has 44 heavy (non-hydrogen) atoms. The molecule has 0 radical (unpaired) electrons. The second-order valence-electron chi connectivity index (χ2n) is 10.7. The van der Waals surface area contributed by atoms with Gasteiger partial charge in [0.2, 0.25) is 5.95 Å². The van der Waals surface area contributed by atoms with Crippen LogP contribution in [0.1, 0.15) is 41.7 Å². The largest absolute Gasteiger partial charge is 0.351 e. The molecule has 0 bridgehead atoms. The van der Waals surface area contributed by atoms with Crippen LogP contribution in [-0.4, -0.2) is 48.5 Å². The first-order valence-corrected chi connectivity index (χ1v) is 15.3. The van der Waals surface area contributed by atoms with Crippen LogP contribution in [0.25, 0.3) is 21.8 Å². The molecule has 4 aromatic heterocycles. The van der Waals surface area contributed by atoms with Gasteiger partial charge < -0.3 is 10.2 Å². The predicted molar refractivity (Wildman–Crippen MR) is 169 cm³/mol. The van der Waals surface area contributed by atoms with Crippen LogP contribution in [0.4, 0.5) is 11.8 Å². The number of nitrogens with one attached hydrogen (secondary N) is 2. The predicted octanol–water partition coefficient (Wildman–Crippen LogP) is 5.12. The molecule has 0 atom stereocenters. The molecular weight excluding hydrogens is 570 g/mol. The van der Waals surface area contributed by atoms with Gasteiger partial charge in [-0.15, -0.1) is 11.3 Å². The van der Waals surface area contributed by atoms with Crippen LogP contribution in [0.15, 0.2) is 73.4 Å². The van der Waals surface area contributed by atoms with Gasteiger partial charge in [-0.25, -0.2) is 15.0 Å². The van der Waals surface area contributed by atoms with Crippen molar-refractivity contribution < 1.29 is 0 Å². The van der Waals surface area contributed by atoms with Crippen molar-refractivity contribution in [1.29, 1.82) is 10.5 Å². The Labute approximate surface area is 259 Å². The molecule has 5 aromatic rings. The van der Waals surface area contributed by atoms with Gasteiger partial charge in [0, 0.05) is 37.4 Å². The van der Waals surface area contributed by atoms with Crippen molar-refractivity contribution in [3.05, 3.63) is 89.5 Å². The molecule has 1 aliphatic rings. The summed E-state index contributed by atoms with van der Waals surface area (Å²) in [6.45, 7) is 1.40. The monoisotopic (exact) mass is 601 g/mol. The first-order valence-electron chi connectivity index (χ1n) is 14.5. The Morgan fingerprint density at radius 3 is 2.48 bits per heavy atom. The lowest BCUT2D eigenvalue weighted by atomic mass is 9.90. The Hall–Kier alpha value is -5.17. The van der Waals surface area contributed by atoms with Gasteiger partial charge in [-0.2, -0.15) is 15.6 Å². The molecule has 12 heteroatoms. The van der Waals surface area contributed by atoms with Gasteiger partial charge in [0.05, 0.1) is 47.6 Å². The number of aryl methyl sites for hydroxylation is 1. The van der Waals surface area contributed by atoms with Crippen molar-refractivity contribution in [1.82, 2.24) is 35.0 Å². The highest BCUT2D eigenvalue weighted by atomic mass is 32.1. The summed E-state index contributed by atoms with van der Waals surface area (Å²) < 4.78 is 1.76. The Morgan fingerprint density at radius 1 is 0.955 bits per heavy atom. The summed E-state index contributed by atoms with van der Waals surface area (Å²) in [5, 5.41) is 30.2. The van der Waals surface area contributed by atoms with Crippen LogP contribution in [0.5, 0.6) is 0 Å². The van der Waals surface area contributed by atoms with E-state index in [4.69, 9.17) is 9.97 Å². The maximum Gasteiger partial charge on any atom is 0.223 e. The molecule has 1 aromatic carbocycles. The van der Waals surface area contributed by atoms with E-state index in [1.807, 2.05) is 37.8 Å². The zero-order valence-electron chi connectivity index (χ0n) is 24.3. The maximum atomic E-state index is 9.60. The van der Waals surface area contributed by atoms with Gasteiger partial charge in [0.25, 0.3) is 0 Å². The SMILES string of the molecule is Cn1cc(-c2cnc(N(CNCc3ccccc3)[C@H]3CC[C@H](Nc4ncc(C#N)c(-c5ccc(C#N)s5)n4)CC3)cn2)cn1. The smallest absolute Gasteiger partial charge is 0.223 e. The Morgan fingerprint density at radius 2 is 1.80 bits per heavy atom. The summed E-state index contributed by atoms with van der Waals surface area (Å²) >= 11 is 1.32. The van der Waals surface area contributed by atoms with Crippen molar-refractivity contribution in [2.24, 2.45) is 7.05 Å². The molecule has 1 fully saturated rings. The molecule has 0 aliphatic heterocycles. The van der Waals surface area contributed by atoms with Crippen LogP contribution < -0.4 is 15.5 Å². The van der Waals surface area contributed by atoms with Gasteiger partial charge in [-0.1, -0.05) is 30.3 Å². The number of nitrogens with zero attached hydrogens (tertiary/aromatic N) is 9. The van der Waals surface area contributed by atoms with Gasteiger partial charge >= 0.3 is 0 Å². The van der Waals surface area contributed by atoms with E-state index in [2.05, 4.69) is 67.0 Å². The van der Waals surface area contributed by atoms with Gasteiger partial charge in [0.15, 0.2) is 0 Å². The third-order valence-corrected chi connectivity index (χ3v) is 8.71. The highest BCUT2D eigenvalue weighted by Crippen LogP contribution is 2.31. The van der Waals surface area contributed by atoms with Crippen LogP contribution in [-0.2, 0) is 13.6 Å². The minimum atomic E-state index is 0.197. The van der Waals surface area contributed by atoms with Crippen LogP contribution in [0, 0.1) is 22.7 Å². The molecular formula is C32H31N11S. The zero-order valence-corrected chi connectivity index (χ0v) is 25.1. The fourth-order valence-electron chi connectivity index (χ4n) is 5.45. The fourth-order valence-corrected chi connectivity index (χ4v) is 6.25. The molecule has 11 nitrogen and oxygen atoms in total. The van der Waals surface area contributed by atoms with Gasteiger partial charge in [-0.05, 0) is 43.4 Å². The Kier molecular flexibility index (Phi) is 8.82. The number of nitriles is 2. The van der Waals surface area contributed by atoms with E-state index in [-0.39, 0.29) is 12.1 Å². The lowest BCUT2D eigenvalue weighted by Crippen LogP contribution is -2.45. The fraction of sp³-hybridized carbons (Fsp3) is 0.281. The minimum absolute atomic E-state index is 0.197. The van der Waals surface area contributed by atoms with Crippen molar-refractivity contribution >= 4 is 23.1 Å². The van der Waals surface area contributed by atoms with E-state index in [1.54, 1.807) is 23.1 Å². The third kappa shape index (κ3) is 6.73. The van der Waals surface area contributed by atoms with Crippen LogP contribution >= 0.6 is 11.3 Å². The summed E-state index contributed by atoms with van der Waals surface area (Å²) in [4.78, 5) is 22.3. The van der Waals surface area contributed by atoms with Crippen LogP contribution in [0.2, 0.25) is 0 Å². The second kappa shape index (κ2) is 13.4. The molecule has 6 rings (SSSR count). The molecule has 0 amide bonds. The van der Waals surface area contributed by atoms with Crippen molar-refractivity contribution in [3.8, 4) is 34.0 Å². The van der Waals surface area contributed by atoms with E-state index in [9.17, 15) is 10.5 Å². The minimum Gasteiger partial charge on any atom is -0.351 e. The average molecular weight is 602 g/mol. The third-order valence-electron chi connectivity index (χ3n) is 7.72. The number of thiophene rings is 1. The number of hydrogen-bond acceptors (Lipinski definition) is 11. The van der Waals surface area contributed by atoms with Gasteiger partial charge in [-0.3, -0.25) is 15.0 Å². The van der Waals surface area contributed by atoms with E-state index in [1.165, 1.54) is 16.9 Å². The number of benzene rings is 1. The summed E-state index contributed by atoms with van der Waals surface area (Å²) in [6.07, 6.45) is 12.7. The van der Waals surface area contributed by atoms with E-state index in [0.717, 1.165) is 54.2 Å². The number of rotatable bonds is 10. The molecule has 2 N–H and O–H groups in total. The first-order chi connectivity index (χ1) is 21.6. The summed E-state index contributed by atoms with van der Waals surface area (Å²) in [5.41, 5.74) is 3.89. The Balaban J connectivity index is 1.14. The topological polar surface area (TPSA) is 144 Å². The number of aromatic nitrogens is 6. The molecule has 0 unspecified atom stereocenters. The zero-order chi connectivity index (χ0) is 30.3. The number of hydrogen-bond donors (Lipinski definition) is 2. The highest BCUT2D eigenvalue weighted by Gasteiger charge is 2.28. The molecule has 0 saturated heterocycles. The lowest BCUT2D eigenvalue weighted by molar-refractivity contribution is 0.379. The molecule has 0 spiro atoms. The molecule has 1 aliphatic carbocycles. The maximum absolute atomic E-state index is 9.60. The summed E-state index contributed by atoms with van der Waals surface area (Å²) in [7, 11) is 1.89. The highest BCUT2D eigenvalue weighted by molar-refractivity contribution is 7.16. The second-order valence-corrected chi connectivity index (χ2v) is 11.8. The van der Waals surface area contributed by atoms with Crippen molar-refractivity contribution in [2.45, 2.75) is 44.3 Å². The van der Waals surface area contributed by atoms with E-state index < -0.39 is 0 Å². The lowest BCUT2D eigenvalue weighted by Gasteiger charge is -2.38. The van der Waals surface area contributed by atoms with E-state index >= 15 is 0 Å². The molecule has 4 heterocycles. The average Bonchev–Trinajstić information content (AvgIpc) is 3.74. The van der Waals surface area contributed by atoms with Gasteiger partial charge in [0.1, 0.15) is 28.5 Å². The normalized spacial score (nSPS) is 16.2. The summed E-state index contributed by atoms with van der Waals surface area (Å²) in [6, 6.07) is 18.7. The number of anilines is 2. The van der Waals surface area contributed by atoms with E-state index in [0.29, 0.717) is 28.8 Å². The standard InChI is InChI=1S/C32H31N11S/c1-42-20-24(17-39-42)28-18-37-30(19-36-28)43(21-35-15-22-5-3-2-4-6-22)26-9-7-25(8-10-26)40-32-38-16-23(13-33)31(41-32)29-12-11-27(14-34)44-29/h2-6,11-12,16-20,25-26,35H,7-10,15,21H2,1H3,(H,38,40,41)/t25-,26-. The van der Waals surface area contributed by atoms with Crippen molar-refractivity contribution in [2.75, 3.05) is 16.9 Å². The Bertz CT molecular complexity index is 1780. The summed E-state index contributed by atoms with van der Waals surface area (Å²) in [5.74, 6) is 1.33. The van der Waals surface area contributed by atoms with Crippen molar-refractivity contribution in [3.63, 3.8) is 0 Å².